The van der Waals surface area contributed by atoms with E-state index < -0.39 is 12.2 Å². The number of rotatable bonds is 12. The number of fused-ring (bicyclic) bond motifs is 6. The minimum atomic E-state index is -0.429. The maximum absolute atomic E-state index is 14.5. The van der Waals surface area contributed by atoms with Crippen molar-refractivity contribution in [2.24, 2.45) is 23.7 Å². The number of amides is 4. The van der Waals surface area contributed by atoms with Crippen LogP contribution in [0.15, 0.2) is 207 Å². The van der Waals surface area contributed by atoms with Crippen molar-refractivity contribution in [1.82, 2.24) is 29.6 Å². The van der Waals surface area contributed by atoms with E-state index in [2.05, 4.69) is 43.2 Å². The van der Waals surface area contributed by atoms with Crippen molar-refractivity contribution in [3.05, 3.63) is 251 Å². The van der Waals surface area contributed by atoms with Crippen LogP contribution in [0.5, 0.6) is 0 Å². The third-order valence-electron chi connectivity index (χ3n) is 19.4. The van der Waals surface area contributed by atoms with Gasteiger partial charge in [-0.3, -0.25) is 28.3 Å². The topological polar surface area (TPSA) is 185 Å². The molecule has 2 aromatic heterocycles. The summed E-state index contributed by atoms with van der Waals surface area (Å²) in [7, 11) is 0. The molecule has 8 aromatic rings. The first-order valence-corrected chi connectivity index (χ1v) is 32.0. The van der Waals surface area contributed by atoms with Crippen LogP contribution >= 0.6 is 0 Å². The highest BCUT2D eigenvalue weighted by atomic mass is 16.6. The molecule has 4 fully saturated rings. The van der Waals surface area contributed by atoms with Gasteiger partial charge in [0.25, 0.3) is 11.8 Å². The summed E-state index contributed by atoms with van der Waals surface area (Å²) in [4.78, 5) is 85.8. The number of likely N-dealkylation sites (tertiary alicyclic amines) is 2. The lowest BCUT2D eigenvalue weighted by molar-refractivity contribution is -0.139. The number of nitrogens with zero attached hydrogens (tertiary/aromatic N) is 4. The van der Waals surface area contributed by atoms with Gasteiger partial charge < -0.3 is 40.5 Å². The monoisotopic (exact) mass is 1200 g/mol. The number of hydrogen-bond donors (Lipinski definition) is 4. The molecule has 16 heteroatoms. The SMILES string of the molecule is O=C(N[C@@H]1CCCC[C@@H]1C(=O)N1CC[C@@H]2[C@H](c3cccn3C(=O)OCc3ccccc3)Nc3ccccc3[C@@H]21)c1ccccc1.O=C(N[C@@H]1CCCC[C@@H]1C(=O)N1CC[C@H]2[C@@H](c3cccn3C(=O)OCc3ccccc3)Nc3ccccc3[C@H]21)c1ccccc1. The Morgan fingerprint density at radius 3 is 1.19 bits per heavy atom. The number of carbonyl (C=O) groups excluding carboxylic acids is 6. The van der Waals surface area contributed by atoms with E-state index in [1.807, 2.05) is 158 Å². The molecule has 4 aliphatic heterocycles. The van der Waals surface area contributed by atoms with E-state index in [-0.39, 0.29) is 96.8 Å². The highest BCUT2D eigenvalue weighted by Crippen LogP contribution is 2.54. The molecule has 6 heterocycles. The van der Waals surface area contributed by atoms with Gasteiger partial charge in [0.15, 0.2) is 0 Å². The van der Waals surface area contributed by atoms with Gasteiger partial charge in [0.05, 0.1) is 47.4 Å². The number of benzene rings is 6. The lowest BCUT2D eigenvalue weighted by Gasteiger charge is -2.42. The summed E-state index contributed by atoms with van der Waals surface area (Å²) in [6, 6.07) is 60.6. The van der Waals surface area contributed by atoms with Gasteiger partial charge >= 0.3 is 12.2 Å². The van der Waals surface area contributed by atoms with Gasteiger partial charge in [-0.25, -0.2) is 9.59 Å². The molecule has 0 radical (unpaired) electrons. The molecule has 4 amide bonds. The van der Waals surface area contributed by atoms with Gasteiger partial charge in [-0.2, -0.15) is 0 Å². The Morgan fingerprint density at radius 2 is 0.778 bits per heavy atom. The van der Waals surface area contributed by atoms with Crippen molar-refractivity contribution in [2.45, 2.75) is 114 Å². The van der Waals surface area contributed by atoms with Crippen molar-refractivity contribution in [3.63, 3.8) is 0 Å². The normalized spacial score (nSPS) is 23.7. The molecule has 2 aliphatic carbocycles. The van der Waals surface area contributed by atoms with Gasteiger partial charge in [-0.1, -0.05) is 159 Å². The Labute approximate surface area is 525 Å². The Hall–Kier alpha value is -9.70. The van der Waals surface area contributed by atoms with Crippen molar-refractivity contribution < 1.29 is 38.2 Å². The minimum absolute atomic E-state index is 0.0559. The van der Waals surface area contributed by atoms with E-state index in [1.165, 1.54) is 0 Å². The molecule has 6 aliphatic rings. The highest BCUT2D eigenvalue weighted by Gasteiger charge is 2.51. The Balaban J connectivity index is 0.000000165. The first-order chi connectivity index (χ1) is 44.2. The predicted molar refractivity (Wildman–Crippen MR) is 343 cm³/mol. The summed E-state index contributed by atoms with van der Waals surface area (Å²) in [5.74, 6) is -0.494. The lowest BCUT2D eigenvalue weighted by atomic mass is 9.80. The molecule has 4 N–H and O–H groups in total. The summed E-state index contributed by atoms with van der Waals surface area (Å²) < 4.78 is 14.6. The molecule has 2 saturated heterocycles. The largest absolute Gasteiger partial charge is 0.444 e. The van der Waals surface area contributed by atoms with Crippen LogP contribution < -0.4 is 21.3 Å². The van der Waals surface area contributed by atoms with Gasteiger partial charge in [-0.15, -0.1) is 0 Å². The smallest absolute Gasteiger partial charge is 0.418 e. The van der Waals surface area contributed by atoms with E-state index in [9.17, 15) is 28.8 Å². The molecule has 0 spiro atoms. The highest BCUT2D eigenvalue weighted by molar-refractivity contribution is 5.95. The summed E-state index contributed by atoms with van der Waals surface area (Å²) in [6.07, 6.45) is 11.2. The van der Waals surface area contributed by atoms with Crippen LogP contribution in [0.3, 0.4) is 0 Å². The minimum Gasteiger partial charge on any atom is -0.444 e. The predicted octanol–water partition coefficient (Wildman–Crippen LogP) is 13.4. The van der Waals surface area contributed by atoms with Crippen LogP contribution in [0, 0.1) is 23.7 Å². The number of aromatic nitrogens is 2. The van der Waals surface area contributed by atoms with Crippen molar-refractivity contribution >= 4 is 47.2 Å². The van der Waals surface area contributed by atoms with E-state index in [4.69, 9.17) is 9.47 Å². The Morgan fingerprint density at radius 1 is 0.411 bits per heavy atom. The quantitative estimate of drug-likeness (QED) is 0.0917. The van der Waals surface area contributed by atoms with Crippen LogP contribution in [0.25, 0.3) is 0 Å². The molecule has 16 nitrogen and oxygen atoms in total. The number of para-hydroxylation sites is 2. The maximum Gasteiger partial charge on any atom is 0.418 e. The number of anilines is 2. The van der Waals surface area contributed by atoms with Crippen LogP contribution in [-0.4, -0.2) is 79.9 Å². The molecule has 0 bridgehead atoms. The maximum atomic E-state index is 14.5. The second kappa shape index (κ2) is 27.0. The third-order valence-corrected chi connectivity index (χ3v) is 19.4. The van der Waals surface area contributed by atoms with Gasteiger partial charge in [0.2, 0.25) is 11.8 Å². The average molecular weight is 1210 g/mol. The molecule has 2 saturated carbocycles. The number of hydrogen-bond acceptors (Lipinski definition) is 10. The van der Waals surface area contributed by atoms with Gasteiger partial charge in [0, 0.05) is 71.9 Å². The van der Waals surface area contributed by atoms with Crippen LogP contribution in [0.4, 0.5) is 21.0 Å². The Kier molecular flexibility index (Phi) is 17.8. The summed E-state index contributed by atoms with van der Waals surface area (Å²) >= 11 is 0. The standard InChI is InChI=1S/2C37H38N4O4/c2*42-35(26-14-5-2-6-15-26)39-31-19-10-8-17-28(31)36(43)41-23-21-29-33(38-30-18-9-7-16-27(30)34(29)41)32-20-11-22-40(32)37(44)45-24-25-12-3-1-4-13-25/h2*1-7,9,11-16,18,20,22,28-29,31,33-34,38H,8,10,17,19,21,23-24H2,(H,39,42)/t28-,29+,31+,33+,34-;28-,29-,31+,33-,34+/m00/s1. The fraction of sp³-hybridized carbons (Fsp3) is 0.324. The number of carbonyl (C=O) groups is 6. The molecule has 460 valence electrons. The second-order valence-electron chi connectivity index (χ2n) is 24.6. The third kappa shape index (κ3) is 12.4. The fourth-order valence-electron chi connectivity index (χ4n) is 15.0. The molecular weight excluding hydrogens is 1130 g/mol. The summed E-state index contributed by atoms with van der Waals surface area (Å²) in [6.45, 7) is 1.62. The van der Waals surface area contributed by atoms with Crippen LogP contribution in [0.1, 0.15) is 143 Å². The fourth-order valence-corrected chi connectivity index (χ4v) is 15.0. The van der Waals surface area contributed by atoms with E-state index in [0.717, 1.165) is 109 Å². The molecule has 90 heavy (non-hydrogen) atoms. The van der Waals surface area contributed by atoms with Crippen LogP contribution in [0.2, 0.25) is 0 Å². The zero-order valence-electron chi connectivity index (χ0n) is 50.4. The molecular formula is C74H76N8O8. The number of ether oxygens (including phenoxy) is 2. The van der Waals surface area contributed by atoms with Crippen molar-refractivity contribution in [3.8, 4) is 0 Å². The van der Waals surface area contributed by atoms with Crippen molar-refractivity contribution in [2.75, 3.05) is 23.7 Å². The Bertz CT molecular complexity index is 3590. The van der Waals surface area contributed by atoms with Crippen molar-refractivity contribution in [1.29, 1.82) is 0 Å². The first-order valence-electron chi connectivity index (χ1n) is 32.0. The van der Waals surface area contributed by atoms with E-state index in [1.54, 1.807) is 45.8 Å². The van der Waals surface area contributed by atoms with Gasteiger partial charge in [0.1, 0.15) is 13.2 Å². The molecule has 14 rings (SSSR count). The lowest BCUT2D eigenvalue weighted by Crippen LogP contribution is -2.50. The average Bonchev–Trinajstić information content (AvgIpc) is 1.69. The van der Waals surface area contributed by atoms with Gasteiger partial charge in [-0.05, 0) is 121 Å². The summed E-state index contributed by atoms with van der Waals surface area (Å²) in [5.41, 5.74) is 8.82. The summed E-state index contributed by atoms with van der Waals surface area (Å²) in [5, 5.41) is 13.8. The zero-order valence-corrected chi connectivity index (χ0v) is 50.4. The second-order valence-corrected chi connectivity index (χ2v) is 24.6. The zero-order chi connectivity index (χ0) is 61.5. The van der Waals surface area contributed by atoms with E-state index >= 15 is 0 Å². The number of nitrogens with one attached hydrogen (secondary N) is 4. The molecule has 0 unspecified atom stereocenters. The first kappa shape index (κ1) is 59.3. The van der Waals surface area contributed by atoms with Crippen LogP contribution in [-0.2, 0) is 32.3 Å². The molecule has 6 aromatic carbocycles. The molecule has 10 atom stereocenters. The van der Waals surface area contributed by atoms with E-state index in [0.29, 0.717) is 24.2 Å².